The van der Waals surface area contributed by atoms with Gasteiger partial charge in [-0.15, -0.1) is 0 Å². The van der Waals surface area contributed by atoms with Crippen molar-refractivity contribution in [3.63, 3.8) is 0 Å². The molecule has 0 amide bonds. The van der Waals surface area contributed by atoms with Crippen LogP contribution in [0.3, 0.4) is 0 Å². The lowest BCUT2D eigenvalue weighted by Crippen LogP contribution is -2.14. The SMILES string of the molecule is CCCCOc1ccc(-c2ccc(C3CCC(=O)CC3)c(F)c2F)cc1. The van der Waals surface area contributed by atoms with Gasteiger partial charge >= 0.3 is 0 Å². The van der Waals surface area contributed by atoms with E-state index in [2.05, 4.69) is 6.92 Å². The van der Waals surface area contributed by atoms with Crippen LogP contribution < -0.4 is 4.74 Å². The van der Waals surface area contributed by atoms with Gasteiger partial charge in [-0.1, -0.05) is 37.6 Å². The van der Waals surface area contributed by atoms with Gasteiger partial charge in [0.1, 0.15) is 11.5 Å². The highest BCUT2D eigenvalue weighted by molar-refractivity contribution is 5.79. The number of carbonyl (C=O) groups is 1. The largest absolute Gasteiger partial charge is 0.494 e. The van der Waals surface area contributed by atoms with Crippen molar-refractivity contribution in [3.8, 4) is 16.9 Å². The van der Waals surface area contributed by atoms with Crippen LogP contribution in [0.4, 0.5) is 8.78 Å². The van der Waals surface area contributed by atoms with Crippen molar-refractivity contribution in [1.82, 2.24) is 0 Å². The summed E-state index contributed by atoms with van der Waals surface area (Å²) in [7, 11) is 0. The normalized spacial score (nSPS) is 15.3. The molecule has 1 aliphatic carbocycles. The monoisotopic (exact) mass is 358 g/mol. The molecular formula is C22H24F2O2. The number of hydrogen-bond acceptors (Lipinski definition) is 2. The van der Waals surface area contributed by atoms with Crippen LogP contribution in [0.5, 0.6) is 5.75 Å². The van der Waals surface area contributed by atoms with Gasteiger partial charge in [0.2, 0.25) is 0 Å². The summed E-state index contributed by atoms with van der Waals surface area (Å²) in [5.41, 5.74) is 1.26. The van der Waals surface area contributed by atoms with Crippen molar-refractivity contribution >= 4 is 5.78 Å². The fourth-order valence-electron chi connectivity index (χ4n) is 3.42. The quantitative estimate of drug-likeness (QED) is 0.589. The average molecular weight is 358 g/mol. The second-order valence-electron chi connectivity index (χ2n) is 6.87. The molecule has 0 radical (unpaired) electrons. The van der Waals surface area contributed by atoms with E-state index in [9.17, 15) is 13.6 Å². The third-order valence-electron chi connectivity index (χ3n) is 5.03. The molecule has 0 saturated heterocycles. The Labute approximate surface area is 153 Å². The van der Waals surface area contributed by atoms with Crippen LogP contribution in [0.1, 0.15) is 56.9 Å². The summed E-state index contributed by atoms with van der Waals surface area (Å²) in [5.74, 6) is -0.749. The predicted molar refractivity (Wildman–Crippen MR) is 98.4 cm³/mol. The molecule has 0 spiro atoms. The molecule has 3 rings (SSSR count). The minimum absolute atomic E-state index is 0.0782. The topological polar surface area (TPSA) is 26.3 Å². The van der Waals surface area contributed by atoms with E-state index in [1.165, 1.54) is 0 Å². The van der Waals surface area contributed by atoms with E-state index >= 15 is 0 Å². The first kappa shape index (κ1) is 18.6. The second kappa shape index (κ2) is 8.43. The van der Waals surface area contributed by atoms with E-state index < -0.39 is 11.6 Å². The highest BCUT2D eigenvalue weighted by atomic mass is 19.2. The first-order valence-corrected chi connectivity index (χ1v) is 9.33. The number of ether oxygens (including phenoxy) is 1. The summed E-state index contributed by atoms with van der Waals surface area (Å²) in [6.07, 6.45) is 4.14. The Morgan fingerprint density at radius 1 is 1.00 bits per heavy atom. The van der Waals surface area contributed by atoms with Crippen molar-refractivity contribution < 1.29 is 18.3 Å². The van der Waals surface area contributed by atoms with Gasteiger partial charge < -0.3 is 4.74 Å². The lowest BCUT2D eigenvalue weighted by atomic mass is 9.82. The molecule has 2 nitrogen and oxygen atoms in total. The summed E-state index contributed by atoms with van der Waals surface area (Å²) in [6, 6.07) is 10.4. The lowest BCUT2D eigenvalue weighted by Gasteiger charge is -2.22. The molecular weight excluding hydrogens is 334 g/mol. The number of unbranched alkanes of at least 4 members (excludes halogenated alkanes) is 1. The zero-order valence-electron chi connectivity index (χ0n) is 15.1. The maximum Gasteiger partial charge on any atom is 0.166 e. The fraction of sp³-hybridized carbons (Fsp3) is 0.409. The molecule has 0 N–H and O–H groups in total. The van der Waals surface area contributed by atoms with E-state index in [0.29, 0.717) is 43.4 Å². The molecule has 1 fully saturated rings. The van der Waals surface area contributed by atoms with Gasteiger partial charge in [0, 0.05) is 18.4 Å². The highest BCUT2D eigenvalue weighted by Crippen LogP contribution is 2.36. The Morgan fingerprint density at radius 3 is 2.35 bits per heavy atom. The summed E-state index contributed by atoms with van der Waals surface area (Å²) >= 11 is 0. The smallest absolute Gasteiger partial charge is 0.166 e. The number of benzene rings is 2. The third kappa shape index (κ3) is 4.12. The maximum absolute atomic E-state index is 14.7. The van der Waals surface area contributed by atoms with E-state index in [1.54, 1.807) is 36.4 Å². The Hall–Kier alpha value is -2.23. The van der Waals surface area contributed by atoms with Crippen LogP contribution in [-0.4, -0.2) is 12.4 Å². The van der Waals surface area contributed by atoms with Crippen molar-refractivity contribution in [2.24, 2.45) is 0 Å². The molecule has 138 valence electrons. The number of carbonyl (C=O) groups excluding carboxylic acids is 1. The molecule has 0 aromatic heterocycles. The van der Waals surface area contributed by atoms with Gasteiger partial charge in [0.25, 0.3) is 0 Å². The van der Waals surface area contributed by atoms with Crippen LogP contribution in [-0.2, 0) is 4.79 Å². The maximum atomic E-state index is 14.7. The molecule has 2 aromatic rings. The number of Topliss-reactive ketones (excluding diaryl/α,β-unsaturated/α-hetero) is 1. The standard InChI is InChI=1S/C22H24F2O2/c1-2-3-14-26-18-10-6-16(7-11-18)20-13-12-19(21(23)22(20)24)15-4-8-17(25)9-5-15/h6-7,10-13,15H,2-5,8-9,14H2,1H3. The number of halogens is 2. The van der Waals surface area contributed by atoms with E-state index in [4.69, 9.17) is 4.74 Å². The second-order valence-corrected chi connectivity index (χ2v) is 6.87. The average Bonchev–Trinajstić information content (AvgIpc) is 2.66. The zero-order valence-corrected chi connectivity index (χ0v) is 15.1. The summed E-state index contributed by atoms with van der Waals surface area (Å²) in [4.78, 5) is 11.4. The molecule has 0 bridgehead atoms. The number of rotatable bonds is 6. The Morgan fingerprint density at radius 2 is 1.69 bits per heavy atom. The van der Waals surface area contributed by atoms with Crippen LogP contribution in [0, 0.1) is 11.6 Å². The fourth-order valence-corrected chi connectivity index (χ4v) is 3.42. The Kier molecular flexibility index (Phi) is 6.02. The molecule has 0 unspecified atom stereocenters. The van der Waals surface area contributed by atoms with Crippen molar-refractivity contribution in [1.29, 1.82) is 0 Å². The molecule has 26 heavy (non-hydrogen) atoms. The molecule has 4 heteroatoms. The van der Waals surface area contributed by atoms with E-state index in [1.807, 2.05) is 0 Å². The van der Waals surface area contributed by atoms with Gasteiger partial charge in [-0.25, -0.2) is 8.78 Å². The minimum atomic E-state index is -0.820. The lowest BCUT2D eigenvalue weighted by molar-refractivity contribution is -0.120. The van der Waals surface area contributed by atoms with E-state index in [0.717, 1.165) is 18.6 Å². The molecule has 1 aliphatic rings. The highest BCUT2D eigenvalue weighted by Gasteiger charge is 2.25. The van der Waals surface area contributed by atoms with Crippen LogP contribution >= 0.6 is 0 Å². The van der Waals surface area contributed by atoms with Gasteiger partial charge in [0.05, 0.1) is 6.61 Å². The Balaban J connectivity index is 1.78. The number of ketones is 1. The molecule has 0 atom stereocenters. The molecule has 2 aromatic carbocycles. The number of hydrogen-bond donors (Lipinski definition) is 0. The van der Waals surface area contributed by atoms with Crippen LogP contribution in [0.15, 0.2) is 36.4 Å². The summed E-state index contributed by atoms with van der Waals surface area (Å²) < 4.78 is 34.9. The molecule has 1 saturated carbocycles. The first-order chi connectivity index (χ1) is 12.6. The predicted octanol–water partition coefficient (Wildman–Crippen LogP) is 6.04. The van der Waals surface area contributed by atoms with Crippen molar-refractivity contribution in [2.45, 2.75) is 51.4 Å². The van der Waals surface area contributed by atoms with Gasteiger partial charge in [-0.3, -0.25) is 4.79 Å². The summed E-state index contributed by atoms with van der Waals surface area (Å²) in [6.45, 7) is 2.75. The van der Waals surface area contributed by atoms with Crippen molar-refractivity contribution in [3.05, 3.63) is 53.6 Å². The first-order valence-electron chi connectivity index (χ1n) is 9.33. The minimum Gasteiger partial charge on any atom is -0.494 e. The van der Waals surface area contributed by atoms with E-state index in [-0.39, 0.29) is 17.3 Å². The molecule has 0 aliphatic heterocycles. The third-order valence-corrected chi connectivity index (χ3v) is 5.03. The van der Waals surface area contributed by atoms with Crippen molar-refractivity contribution in [2.75, 3.05) is 6.61 Å². The van der Waals surface area contributed by atoms with Gasteiger partial charge in [-0.05, 0) is 48.4 Å². The summed E-state index contributed by atoms with van der Waals surface area (Å²) in [5, 5.41) is 0. The van der Waals surface area contributed by atoms with Crippen LogP contribution in [0.2, 0.25) is 0 Å². The Bertz CT molecular complexity index is 758. The zero-order chi connectivity index (χ0) is 18.5. The van der Waals surface area contributed by atoms with Gasteiger partial charge in [-0.2, -0.15) is 0 Å². The van der Waals surface area contributed by atoms with Gasteiger partial charge in [0.15, 0.2) is 11.6 Å². The molecule has 0 heterocycles. The van der Waals surface area contributed by atoms with Crippen LogP contribution in [0.25, 0.3) is 11.1 Å².